The monoisotopic (exact) mass is 311 g/mol. The summed E-state index contributed by atoms with van der Waals surface area (Å²) in [6.07, 6.45) is 8.95. The Morgan fingerprint density at radius 1 is 1.35 bits per heavy atom. The van der Waals surface area contributed by atoms with Gasteiger partial charge in [-0.05, 0) is 31.4 Å². The zero-order valence-electron chi connectivity index (χ0n) is 13.5. The molecule has 0 radical (unpaired) electrons. The fourth-order valence-corrected chi connectivity index (χ4v) is 2.70. The van der Waals surface area contributed by atoms with Gasteiger partial charge in [0.25, 0.3) is 5.91 Å². The average molecular weight is 311 g/mol. The second-order valence-corrected chi connectivity index (χ2v) is 5.56. The van der Waals surface area contributed by atoms with Crippen LogP contribution in [0.25, 0.3) is 5.65 Å². The summed E-state index contributed by atoms with van der Waals surface area (Å²) in [4.78, 5) is 21.2. The van der Waals surface area contributed by atoms with Gasteiger partial charge in [0.2, 0.25) is 0 Å². The number of pyridine rings is 1. The van der Waals surface area contributed by atoms with Crippen LogP contribution in [0.4, 0.5) is 0 Å². The van der Waals surface area contributed by atoms with Gasteiger partial charge in [-0.2, -0.15) is 0 Å². The number of nitrogens with one attached hydrogen (secondary N) is 1. The number of carbonyl (C=O) groups excluding carboxylic acids is 1. The number of amides is 1. The molecule has 0 spiro atoms. The van der Waals surface area contributed by atoms with Crippen LogP contribution in [0.3, 0.4) is 0 Å². The summed E-state index contributed by atoms with van der Waals surface area (Å²) in [6, 6.07) is 3.95. The maximum Gasteiger partial charge on any atom is 0.270 e. The van der Waals surface area contributed by atoms with E-state index in [2.05, 4.69) is 15.3 Å². The predicted molar refractivity (Wildman–Crippen MR) is 88.5 cm³/mol. The van der Waals surface area contributed by atoms with Gasteiger partial charge >= 0.3 is 0 Å². The van der Waals surface area contributed by atoms with Crippen molar-refractivity contribution in [3.05, 3.63) is 54.0 Å². The molecule has 0 saturated carbocycles. The van der Waals surface area contributed by atoms with Gasteiger partial charge in [0.05, 0.1) is 12.0 Å². The Hall–Kier alpha value is -2.63. The Morgan fingerprint density at radius 2 is 2.22 bits per heavy atom. The van der Waals surface area contributed by atoms with Crippen molar-refractivity contribution >= 4 is 11.6 Å². The van der Waals surface area contributed by atoms with Gasteiger partial charge < -0.3 is 9.88 Å². The number of rotatable bonds is 6. The molecule has 0 aliphatic carbocycles. The molecule has 0 unspecified atom stereocenters. The SMILES string of the molecule is CCc1nc2c(C)cccn2c1C(=O)NCCCn1ccnc1. The summed E-state index contributed by atoms with van der Waals surface area (Å²) in [6.45, 7) is 5.49. The van der Waals surface area contributed by atoms with Crippen LogP contribution in [0.1, 0.15) is 35.1 Å². The van der Waals surface area contributed by atoms with Crippen LogP contribution in [-0.2, 0) is 13.0 Å². The third-order valence-electron chi connectivity index (χ3n) is 3.91. The van der Waals surface area contributed by atoms with Gasteiger partial charge in [0.15, 0.2) is 0 Å². The number of fused-ring (bicyclic) bond motifs is 1. The van der Waals surface area contributed by atoms with Crippen molar-refractivity contribution in [3.8, 4) is 0 Å². The van der Waals surface area contributed by atoms with Gasteiger partial charge in [-0.1, -0.05) is 13.0 Å². The summed E-state index contributed by atoms with van der Waals surface area (Å²) in [5.41, 5.74) is 3.41. The minimum absolute atomic E-state index is 0.0643. The Labute approximate surface area is 135 Å². The lowest BCUT2D eigenvalue weighted by atomic mass is 10.2. The second kappa shape index (κ2) is 6.64. The van der Waals surface area contributed by atoms with Gasteiger partial charge in [0, 0.05) is 31.7 Å². The third kappa shape index (κ3) is 3.11. The quantitative estimate of drug-likeness (QED) is 0.710. The minimum Gasteiger partial charge on any atom is -0.351 e. The highest BCUT2D eigenvalue weighted by molar-refractivity contribution is 5.94. The molecule has 0 aromatic carbocycles. The van der Waals surface area contributed by atoms with Crippen LogP contribution in [0, 0.1) is 6.92 Å². The van der Waals surface area contributed by atoms with E-state index in [-0.39, 0.29) is 5.91 Å². The Bertz CT molecular complexity index is 804. The molecular formula is C17H21N5O. The third-order valence-corrected chi connectivity index (χ3v) is 3.91. The summed E-state index contributed by atoms with van der Waals surface area (Å²) in [7, 11) is 0. The molecule has 3 heterocycles. The van der Waals surface area contributed by atoms with E-state index in [0.29, 0.717) is 12.2 Å². The molecule has 23 heavy (non-hydrogen) atoms. The van der Waals surface area contributed by atoms with Crippen molar-refractivity contribution in [2.45, 2.75) is 33.2 Å². The van der Waals surface area contributed by atoms with Crippen LogP contribution in [0.2, 0.25) is 0 Å². The van der Waals surface area contributed by atoms with Crippen molar-refractivity contribution in [2.24, 2.45) is 0 Å². The molecule has 0 aliphatic heterocycles. The van der Waals surface area contributed by atoms with Crippen molar-refractivity contribution in [1.29, 1.82) is 0 Å². The van der Waals surface area contributed by atoms with Crippen LogP contribution in [0.5, 0.6) is 0 Å². The predicted octanol–water partition coefficient (Wildman–Crippen LogP) is 2.22. The van der Waals surface area contributed by atoms with E-state index < -0.39 is 0 Å². The fraction of sp³-hybridized carbons (Fsp3) is 0.353. The highest BCUT2D eigenvalue weighted by Gasteiger charge is 2.18. The van der Waals surface area contributed by atoms with Crippen molar-refractivity contribution < 1.29 is 4.79 Å². The van der Waals surface area contributed by atoms with E-state index in [4.69, 9.17) is 0 Å². The molecule has 120 valence electrons. The molecule has 3 aromatic heterocycles. The number of nitrogens with zero attached hydrogens (tertiary/aromatic N) is 4. The molecule has 3 rings (SSSR count). The molecule has 1 amide bonds. The topological polar surface area (TPSA) is 64.2 Å². The van der Waals surface area contributed by atoms with Crippen LogP contribution in [-0.4, -0.2) is 31.4 Å². The van der Waals surface area contributed by atoms with Gasteiger partial charge in [0.1, 0.15) is 11.3 Å². The van der Waals surface area contributed by atoms with Crippen LogP contribution in [0.15, 0.2) is 37.1 Å². The van der Waals surface area contributed by atoms with E-state index in [1.807, 2.05) is 47.3 Å². The van der Waals surface area contributed by atoms with E-state index in [9.17, 15) is 4.79 Å². The molecule has 0 atom stereocenters. The molecule has 0 saturated heterocycles. The lowest BCUT2D eigenvalue weighted by Gasteiger charge is -2.07. The zero-order valence-corrected chi connectivity index (χ0v) is 13.5. The normalized spacial score (nSPS) is 11.0. The molecule has 0 fully saturated rings. The van der Waals surface area contributed by atoms with E-state index >= 15 is 0 Å². The molecule has 3 aromatic rings. The first-order valence-electron chi connectivity index (χ1n) is 7.91. The smallest absolute Gasteiger partial charge is 0.270 e. The molecule has 6 heteroatoms. The fourth-order valence-electron chi connectivity index (χ4n) is 2.70. The van der Waals surface area contributed by atoms with Gasteiger partial charge in [-0.25, -0.2) is 9.97 Å². The molecule has 0 aliphatic rings. The lowest BCUT2D eigenvalue weighted by molar-refractivity contribution is 0.0946. The maximum absolute atomic E-state index is 12.6. The minimum atomic E-state index is -0.0643. The molecule has 0 bridgehead atoms. The number of hydrogen-bond acceptors (Lipinski definition) is 3. The van der Waals surface area contributed by atoms with Crippen LogP contribution >= 0.6 is 0 Å². The van der Waals surface area contributed by atoms with Gasteiger partial charge in [-0.3, -0.25) is 9.20 Å². The summed E-state index contributed by atoms with van der Waals surface area (Å²) >= 11 is 0. The average Bonchev–Trinajstić information content (AvgIpc) is 3.19. The first-order valence-corrected chi connectivity index (χ1v) is 7.91. The van der Waals surface area contributed by atoms with Crippen molar-refractivity contribution in [2.75, 3.05) is 6.54 Å². The second-order valence-electron chi connectivity index (χ2n) is 5.56. The summed E-state index contributed by atoms with van der Waals surface area (Å²) in [5, 5.41) is 3.00. The first-order chi connectivity index (χ1) is 11.2. The number of aromatic nitrogens is 4. The molecule has 1 N–H and O–H groups in total. The Kier molecular flexibility index (Phi) is 4.41. The maximum atomic E-state index is 12.6. The highest BCUT2D eigenvalue weighted by Crippen LogP contribution is 2.16. The zero-order chi connectivity index (χ0) is 16.2. The number of hydrogen-bond donors (Lipinski definition) is 1. The van der Waals surface area contributed by atoms with E-state index in [0.717, 1.165) is 36.3 Å². The van der Waals surface area contributed by atoms with E-state index in [1.165, 1.54) is 0 Å². The Balaban J connectivity index is 1.71. The number of carbonyl (C=O) groups is 1. The Morgan fingerprint density at radius 3 is 2.96 bits per heavy atom. The van der Waals surface area contributed by atoms with Crippen LogP contribution < -0.4 is 5.32 Å². The highest BCUT2D eigenvalue weighted by atomic mass is 16.1. The first kappa shape index (κ1) is 15.3. The number of aryl methyl sites for hydroxylation is 3. The van der Waals surface area contributed by atoms with Gasteiger partial charge in [-0.15, -0.1) is 0 Å². The van der Waals surface area contributed by atoms with Crippen molar-refractivity contribution in [3.63, 3.8) is 0 Å². The number of imidazole rings is 2. The van der Waals surface area contributed by atoms with Crippen molar-refractivity contribution in [1.82, 2.24) is 24.3 Å². The summed E-state index contributed by atoms with van der Waals surface area (Å²) in [5.74, 6) is -0.0643. The molecular weight excluding hydrogens is 290 g/mol. The molecule has 6 nitrogen and oxygen atoms in total. The summed E-state index contributed by atoms with van der Waals surface area (Å²) < 4.78 is 3.89. The standard InChI is InChI=1S/C17H21N5O/c1-3-14-15(22-10-4-6-13(2)16(22)20-14)17(23)19-7-5-9-21-11-8-18-12-21/h4,6,8,10-12H,3,5,7,9H2,1-2H3,(H,19,23). The largest absolute Gasteiger partial charge is 0.351 e. The van der Waals surface area contributed by atoms with E-state index in [1.54, 1.807) is 12.5 Å². The lowest BCUT2D eigenvalue weighted by Crippen LogP contribution is -2.27.